The Balaban J connectivity index is 2.38. The van der Waals surface area contributed by atoms with Crippen LogP contribution in [0.4, 0.5) is 23.2 Å². The Kier molecular flexibility index (Phi) is 3.70. The van der Waals surface area contributed by atoms with Crippen molar-refractivity contribution in [3.63, 3.8) is 0 Å². The van der Waals surface area contributed by atoms with Gasteiger partial charge in [-0.05, 0) is 30.2 Å². The Morgan fingerprint density at radius 2 is 1.95 bits per heavy atom. The number of anilines is 1. The minimum Gasteiger partial charge on any atom is -0.306 e. The van der Waals surface area contributed by atoms with E-state index >= 15 is 0 Å². The lowest BCUT2D eigenvalue weighted by molar-refractivity contribution is -0.166. The number of carbonyl (C=O) groups excluding carboxylic acids is 1. The van der Waals surface area contributed by atoms with Crippen molar-refractivity contribution in [1.82, 2.24) is 0 Å². The van der Waals surface area contributed by atoms with Crippen molar-refractivity contribution in [2.75, 3.05) is 11.4 Å². The minimum absolute atomic E-state index is 0.0206. The molecule has 0 atom stereocenters. The van der Waals surface area contributed by atoms with Crippen molar-refractivity contribution >= 4 is 21.6 Å². The van der Waals surface area contributed by atoms with Gasteiger partial charge in [-0.1, -0.05) is 0 Å². The molecule has 116 valence electrons. The monoisotopic (exact) mass is 326 g/mol. The molecule has 0 aliphatic carbocycles. The van der Waals surface area contributed by atoms with Gasteiger partial charge in [0.2, 0.25) is 10.0 Å². The molecular weight excluding hydrogens is 316 g/mol. The topological polar surface area (TPSA) is 80.5 Å². The van der Waals surface area contributed by atoms with Gasteiger partial charge in [-0.25, -0.2) is 22.3 Å². The first-order valence-electron chi connectivity index (χ1n) is 5.69. The highest BCUT2D eigenvalue weighted by Gasteiger charge is 2.52. The molecule has 1 heterocycles. The van der Waals surface area contributed by atoms with Crippen LogP contribution in [0.3, 0.4) is 0 Å². The number of amides is 1. The Morgan fingerprint density at radius 3 is 2.48 bits per heavy atom. The van der Waals surface area contributed by atoms with Crippen molar-refractivity contribution in [2.24, 2.45) is 5.14 Å². The molecule has 2 rings (SSSR count). The fourth-order valence-corrected chi connectivity index (χ4v) is 2.60. The van der Waals surface area contributed by atoms with Crippen LogP contribution in [-0.4, -0.2) is 33.2 Å². The zero-order valence-corrected chi connectivity index (χ0v) is 11.2. The third kappa shape index (κ3) is 2.72. The summed E-state index contributed by atoms with van der Waals surface area (Å²) >= 11 is 0. The summed E-state index contributed by atoms with van der Waals surface area (Å²) in [7, 11) is -3.98. The molecule has 0 bridgehead atoms. The van der Waals surface area contributed by atoms with E-state index in [2.05, 4.69) is 0 Å². The van der Waals surface area contributed by atoms with Crippen LogP contribution in [0.25, 0.3) is 0 Å². The van der Waals surface area contributed by atoms with Crippen LogP contribution in [0, 0.1) is 0 Å². The summed E-state index contributed by atoms with van der Waals surface area (Å²) in [6.07, 6.45) is -4.04. The zero-order chi connectivity index (χ0) is 16.0. The van der Waals surface area contributed by atoms with E-state index in [0.717, 1.165) is 18.2 Å². The Labute approximate surface area is 117 Å². The lowest BCUT2D eigenvalue weighted by atomic mass is 10.2. The SMILES string of the molecule is NS(=O)(=O)c1ccc2c(c1)CCN2C(=O)C(F)(F)C(F)F. The van der Waals surface area contributed by atoms with Crippen LogP contribution in [0.2, 0.25) is 0 Å². The highest BCUT2D eigenvalue weighted by Crippen LogP contribution is 2.34. The van der Waals surface area contributed by atoms with Gasteiger partial charge in [0.25, 0.3) is 0 Å². The van der Waals surface area contributed by atoms with E-state index in [1.54, 1.807) is 0 Å². The third-order valence-electron chi connectivity index (χ3n) is 3.08. The quantitative estimate of drug-likeness (QED) is 0.845. The normalized spacial score (nSPS) is 15.4. The number of halogens is 4. The van der Waals surface area contributed by atoms with Crippen molar-refractivity contribution in [3.8, 4) is 0 Å². The first kappa shape index (κ1) is 15.7. The first-order valence-corrected chi connectivity index (χ1v) is 7.23. The molecule has 0 aromatic heterocycles. The average molecular weight is 326 g/mol. The molecule has 2 N–H and O–H groups in total. The molecule has 1 aliphatic rings. The second-order valence-electron chi connectivity index (χ2n) is 4.47. The highest BCUT2D eigenvalue weighted by atomic mass is 32.2. The molecule has 1 aromatic carbocycles. The molecule has 10 heteroatoms. The van der Waals surface area contributed by atoms with Gasteiger partial charge >= 0.3 is 18.3 Å². The fraction of sp³-hybridized carbons (Fsp3) is 0.364. The van der Waals surface area contributed by atoms with Gasteiger partial charge in [0.05, 0.1) is 4.90 Å². The van der Waals surface area contributed by atoms with Gasteiger partial charge in [-0.15, -0.1) is 0 Å². The number of benzene rings is 1. The van der Waals surface area contributed by atoms with Crippen molar-refractivity contribution in [2.45, 2.75) is 23.7 Å². The molecular formula is C11H10F4N2O3S. The lowest BCUT2D eigenvalue weighted by Gasteiger charge is -2.23. The van der Waals surface area contributed by atoms with E-state index in [1.807, 2.05) is 0 Å². The van der Waals surface area contributed by atoms with Gasteiger partial charge in [0.15, 0.2) is 0 Å². The van der Waals surface area contributed by atoms with Crippen LogP contribution >= 0.6 is 0 Å². The lowest BCUT2D eigenvalue weighted by Crippen LogP contribution is -2.47. The predicted molar refractivity (Wildman–Crippen MR) is 64.8 cm³/mol. The molecule has 21 heavy (non-hydrogen) atoms. The number of alkyl halides is 4. The summed E-state index contributed by atoms with van der Waals surface area (Å²) in [4.78, 5) is 11.8. The number of nitrogens with two attached hydrogens (primary N) is 1. The standard InChI is InChI=1S/C11H10F4N2O3S/c12-9(13)11(14,15)10(18)17-4-3-6-5-7(21(16,19)20)1-2-8(6)17/h1-2,5,9H,3-4H2,(H2,16,19,20). The number of nitrogens with zero attached hydrogens (tertiary/aromatic N) is 1. The summed E-state index contributed by atoms with van der Waals surface area (Å²) < 4.78 is 73.0. The highest BCUT2D eigenvalue weighted by molar-refractivity contribution is 7.89. The summed E-state index contributed by atoms with van der Waals surface area (Å²) in [5.41, 5.74) is 0.257. The molecule has 1 amide bonds. The van der Waals surface area contributed by atoms with Crippen LogP contribution in [0.15, 0.2) is 23.1 Å². The summed E-state index contributed by atoms with van der Waals surface area (Å²) in [5.74, 6) is -6.81. The Bertz CT molecular complexity index is 691. The number of rotatable bonds is 3. The number of hydrogen-bond acceptors (Lipinski definition) is 3. The van der Waals surface area contributed by atoms with E-state index in [4.69, 9.17) is 5.14 Å². The molecule has 0 saturated carbocycles. The molecule has 1 aliphatic heterocycles. The second kappa shape index (κ2) is 4.95. The van der Waals surface area contributed by atoms with E-state index in [0.29, 0.717) is 4.90 Å². The van der Waals surface area contributed by atoms with Gasteiger partial charge in [-0.3, -0.25) is 4.79 Å². The molecule has 5 nitrogen and oxygen atoms in total. The molecule has 0 saturated heterocycles. The Morgan fingerprint density at radius 1 is 1.33 bits per heavy atom. The average Bonchev–Trinajstić information content (AvgIpc) is 2.79. The smallest absolute Gasteiger partial charge is 0.306 e. The second-order valence-corrected chi connectivity index (χ2v) is 6.03. The van der Waals surface area contributed by atoms with Crippen LogP contribution in [0.1, 0.15) is 5.56 Å². The van der Waals surface area contributed by atoms with E-state index < -0.39 is 28.3 Å². The van der Waals surface area contributed by atoms with Crippen molar-refractivity contribution in [3.05, 3.63) is 23.8 Å². The van der Waals surface area contributed by atoms with E-state index in [1.165, 1.54) is 0 Å². The maximum absolute atomic E-state index is 13.1. The summed E-state index contributed by atoms with van der Waals surface area (Å²) in [6, 6.07) is 3.26. The predicted octanol–water partition coefficient (Wildman–Crippen LogP) is 1.12. The number of primary sulfonamides is 1. The van der Waals surface area contributed by atoms with E-state index in [-0.39, 0.29) is 29.1 Å². The molecule has 0 radical (unpaired) electrons. The Hall–Kier alpha value is -1.68. The van der Waals surface area contributed by atoms with Crippen LogP contribution in [-0.2, 0) is 21.2 Å². The maximum Gasteiger partial charge on any atom is 0.384 e. The molecule has 1 aromatic rings. The van der Waals surface area contributed by atoms with Gasteiger partial charge < -0.3 is 4.90 Å². The molecule has 0 unspecified atom stereocenters. The van der Waals surface area contributed by atoms with Gasteiger partial charge in [0, 0.05) is 12.2 Å². The number of fused-ring (bicyclic) bond motifs is 1. The fourth-order valence-electron chi connectivity index (χ4n) is 2.04. The third-order valence-corrected chi connectivity index (χ3v) is 3.99. The van der Waals surface area contributed by atoms with Gasteiger partial charge in [0.1, 0.15) is 0 Å². The first-order chi connectivity index (χ1) is 9.55. The van der Waals surface area contributed by atoms with Crippen molar-refractivity contribution in [1.29, 1.82) is 0 Å². The molecule has 0 spiro atoms. The molecule has 0 fully saturated rings. The number of carbonyl (C=O) groups is 1. The van der Waals surface area contributed by atoms with E-state index in [9.17, 15) is 30.8 Å². The number of sulfonamides is 1. The van der Waals surface area contributed by atoms with Crippen LogP contribution in [0.5, 0.6) is 0 Å². The number of hydrogen-bond donors (Lipinski definition) is 1. The summed E-state index contributed by atoms with van der Waals surface area (Å²) in [6.45, 7) is -0.232. The zero-order valence-electron chi connectivity index (χ0n) is 10.4. The van der Waals surface area contributed by atoms with Crippen LogP contribution < -0.4 is 10.0 Å². The maximum atomic E-state index is 13.1. The largest absolute Gasteiger partial charge is 0.384 e. The van der Waals surface area contributed by atoms with Gasteiger partial charge in [-0.2, -0.15) is 8.78 Å². The van der Waals surface area contributed by atoms with Crippen molar-refractivity contribution < 1.29 is 30.8 Å². The summed E-state index contributed by atoms with van der Waals surface area (Å²) in [5, 5.41) is 4.93. The minimum atomic E-state index is -4.79.